The van der Waals surface area contributed by atoms with Crippen LogP contribution in [0.3, 0.4) is 0 Å². The zero-order chi connectivity index (χ0) is 14.6. The van der Waals surface area contributed by atoms with E-state index in [1.54, 1.807) is 6.92 Å². The van der Waals surface area contributed by atoms with Crippen LogP contribution in [0, 0.1) is 0 Å². The summed E-state index contributed by atoms with van der Waals surface area (Å²) in [5.41, 5.74) is 0.00699. The van der Waals surface area contributed by atoms with Crippen molar-refractivity contribution in [1.29, 1.82) is 0 Å². The number of amides is 2. The van der Waals surface area contributed by atoms with Gasteiger partial charge in [-0.25, -0.2) is 0 Å². The molecule has 1 aliphatic heterocycles. The molecule has 0 aromatic heterocycles. The minimum absolute atomic E-state index is 0.00699. The first-order valence-electron chi connectivity index (χ1n) is 7.78. The Morgan fingerprint density at radius 2 is 1.55 bits per heavy atom. The fraction of sp³-hybridized carbons (Fsp3) is 0.867. The van der Waals surface area contributed by atoms with Crippen molar-refractivity contribution in [3.05, 3.63) is 0 Å². The van der Waals surface area contributed by atoms with E-state index in [1.807, 2.05) is 16.8 Å². The highest BCUT2D eigenvalue weighted by Crippen LogP contribution is 2.31. The fourth-order valence-corrected chi connectivity index (χ4v) is 3.42. The van der Waals surface area contributed by atoms with Crippen LogP contribution in [0.2, 0.25) is 0 Å². The minimum Gasteiger partial charge on any atom is -0.339 e. The molecule has 5 nitrogen and oxygen atoms in total. The van der Waals surface area contributed by atoms with Gasteiger partial charge in [-0.15, -0.1) is 0 Å². The highest BCUT2D eigenvalue weighted by molar-refractivity contribution is 5.78. The Morgan fingerprint density at radius 3 is 2.05 bits per heavy atom. The van der Waals surface area contributed by atoms with Gasteiger partial charge >= 0.3 is 0 Å². The highest BCUT2D eigenvalue weighted by Gasteiger charge is 2.34. The van der Waals surface area contributed by atoms with Crippen LogP contribution in [0.5, 0.6) is 0 Å². The average Bonchev–Trinajstić information content (AvgIpc) is 2.48. The summed E-state index contributed by atoms with van der Waals surface area (Å²) in [5.74, 6) is 0.348. The molecule has 2 fully saturated rings. The lowest BCUT2D eigenvalue weighted by Crippen LogP contribution is -2.53. The SMILES string of the molecule is CNC1(CC(=O)N2CCN(C(C)=O)CC2)CCCCC1. The first-order chi connectivity index (χ1) is 9.56. The molecule has 0 spiro atoms. The lowest BCUT2D eigenvalue weighted by atomic mass is 9.79. The third-order valence-electron chi connectivity index (χ3n) is 4.91. The van der Waals surface area contributed by atoms with Crippen molar-refractivity contribution in [2.75, 3.05) is 33.2 Å². The van der Waals surface area contributed by atoms with Crippen LogP contribution in [0.1, 0.15) is 45.4 Å². The summed E-state index contributed by atoms with van der Waals surface area (Å²) in [6.45, 7) is 4.30. The number of carbonyl (C=O) groups is 2. The van der Waals surface area contributed by atoms with E-state index < -0.39 is 0 Å². The number of nitrogens with zero attached hydrogens (tertiary/aromatic N) is 2. The Hall–Kier alpha value is -1.10. The quantitative estimate of drug-likeness (QED) is 0.839. The molecule has 0 aromatic carbocycles. The van der Waals surface area contributed by atoms with Crippen molar-refractivity contribution in [3.8, 4) is 0 Å². The smallest absolute Gasteiger partial charge is 0.224 e. The van der Waals surface area contributed by atoms with Crippen molar-refractivity contribution in [1.82, 2.24) is 15.1 Å². The van der Waals surface area contributed by atoms with E-state index in [4.69, 9.17) is 0 Å². The molecule has 2 aliphatic rings. The number of rotatable bonds is 3. The van der Waals surface area contributed by atoms with Gasteiger partial charge in [0.15, 0.2) is 0 Å². The molecule has 1 saturated heterocycles. The van der Waals surface area contributed by atoms with E-state index in [2.05, 4.69) is 5.32 Å². The second kappa shape index (κ2) is 6.57. The van der Waals surface area contributed by atoms with E-state index in [-0.39, 0.29) is 17.4 Å². The summed E-state index contributed by atoms with van der Waals surface area (Å²) < 4.78 is 0. The van der Waals surface area contributed by atoms with Crippen LogP contribution >= 0.6 is 0 Å². The molecule has 1 heterocycles. The van der Waals surface area contributed by atoms with E-state index in [1.165, 1.54) is 19.3 Å². The van der Waals surface area contributed by atoms with Gasteiger partial charge in [0.25, 0.3) is 0 Å². The number of hydrogen-bond donors (Lipinski definition) is 1. The second-order valence-corrected chi connectivity index (χ2v) is 6.15. The highest BCUT2D eigenvalue weighted by atomic mass is 16.2. The topological polar surface area (TPSA) is 52.7 Å². The molecule has 0 bridgehead atoms. The number of piperazine rings is 1. The Labute approximate surface area is 121 Å². The van der Waals surface area contributed by atoms with Gasteiger partial charge in [-0.2, -0.15) is 0 Å². The van der Waals surface area contributed by atoms with Crippen molar-refractivity contribution < 1.29 is 9.59 Å². The van der Waals surface area contributed by atoms with Crippen LogP contribution in [-0.4, -0.2) is 60.4 Å². The van der Waals surface area contributed by atoms with E-state index in [0.717, 1.165) is 12.8 Å². The molecular formula is C15H27N3O2. The van der Waals surface area contributed by atoms with Crippen LogP contribution in [-0.2, 0) is 9.59 Å². The van der Waals surface area contributed by atoms with Crippen LogP contribution < -0.4 is 5.32 Å². The van der Waals surface area contributed by atoms with Gasteiger partial charge in [0, 0.05) is 45.1 Å². The minimum atomic E-state index is 0.00699. The molecule has 0 aromatic rings. The Morgan fingerprint density at radius 1 is 1.00 bits per heavy atom. The van der Waals surface area contributed by atoms with Crippen molar-refractivity contribution in [2.45, 2.75) is 51.0 Å². The molecule has 5 heteroatoms. The largest absolute Gasteiger partial charge is 0.339 e. The molecule has 2 rings (SSSR count). The predicted molar refractivity (Wildman–Crippen MR) is 78.3 cm³/mol. The number of hydrogen-bond acceptors (Lipinski definition) is 3. The Bertz CT molecular complexity index is 356. The lowest BCUT2D eigenvalue weighted by molar-refractivity contribution is -0.139. The molecule has 0 atom stereocenters. The molecule has 20 heavy (non-hydrogen) atoms. The molecule has 1 saturated carbocycles. The summed E-state index contributed by atoms with van der Waals surface area (Å²) in [6, 6.07) is 0. The van der Waals surface area contributed by atoms with Crippen molar-refractivity contribution in [3.63, 3.8) is 0 Å². The summed E-state index contributed by atoms with van der Waals surface area (Å²) in [5, 5.41) is 3.40. The maximum absolute atomic E-state index is 12.5. The molecule has 0 radical (unpaired) electrons. The first kappa shape index (κ1) is 15.3. The van der Waals surface area contributed by atoms with Gasteiger partial charge in [0.1, 0.15) is 0 Å². The molecule has 1 aliphatic carbocycles. The lowest BCUT2D eigenvalue weighted by Gasteiger charge is -2.40. The summed E-state index contributed by atoms with van der Waals surface area (Å²) in [4.78, 5) is 27.5. The summed E-state index contributed by atoms with van der Waals surface area (Å²) in [6.07, 6.45) is 6.52. The van der Waals surface area contributed by atoms with Gasteiger partial charge < -0.3 is 15.1 Å². The van der Waals surface area contributed by atoms with Gasteiger partial charge in [-0.05, 0) is 19.9 Å². The van der Waals surface area contributed by atoms with Crippen LogP contribution in [0.15, 0.2) is 0 Å². The second-order valence-electron chi connectivity index (χ2n) is 6.15. The summed E-state index contributed by atoms with van der Waals surface area (Å²) in [7, 11) is 1.98. The first-order valence-corrected chi connectivity index (χ1v) is 7.78. The zero-order valence-electron chi connectivity index (χ0n) is 12.8. The molecule has 0 unspecified atom stereocenters. The Kier molecular flexibility index (Phi) is 5.02. The molecule has 114 valence electrons. The van der Waals surface area contributed by atoms with E-state index in [0.29, 0.717) is 32.6 Å². The maximum atomic E-state index is 12.5. The maximum Gasteiger partial charge on any atom is 0.224 e. The third-order valence-corrected chi connectivity index (χ3v) is 4.91. The van der Waals surface area contributed by atoms with Crippen LogP contribution in [0.4, 0.5) is 0 Å². The third kappa shape index (κ3) is 3.51. The van der Waals surface area contributed by atoms with Gasteiger partial charge in [0.2, 0.25) is 11.8 Å². The molecule has 2 amide bonds. The standard InChI is InChI=1S/C15H27N3O2/c1-13(19)17-8-10-18(11-9-17)14(20)12-15(16-2)6-4-3-5-7-15/h16H,3-12H2,1-2H3. The Balaban J connectivity index is 1.87. The van der Waals surface area contributed by atoms with Gasteiger partial charge in [0.05, 0.1) is 0 Å². The number of carbonyl (C=O) groups excluding carboxylic acids is 2. The van der Waals surface area contributed by atoms with Gasteiger partial charge in [-0.3, -0.25) is 9.59 Å². The fourth-order valence-electron chi connectivity index (χ4n) is 3.42. The molecular weight excluding hydrogens is 254 g/mol. The van der Waals surface area contributed by atoms with Crippen LogP contribution in [0.25, 0.3) is 0 Å². The number of nitrogens with one attached hydrogen (secondary N) is 1. The monoisotopic (exact) mass is 281 g/mol. The van der Waals surface area contributed by atoms with Crippen molar-refractivity contribution in [2.24, 2.45) is 0 Å². The van der Waals surface area contributed by atoms with E-state index in [9.17, 15) is 9.59 Å². The average molecular weight is 281 g/mol. The molecule has 1 N–H and O–H groups in total. The normalized spacial score (nSPS) is 22.7. The van der Waals surface area contributed by atoms with E-state index >= 15 is 0 Å². The zero-order valence-corrected chi connectivity index (χ0v) is 12.8. The predicted octanol–water partition coefficient (Wildman–Crippen LogP) is 0.989. The van der Waals surface area contributed by atoms with Crippen molar-refractivity contribution >= 4 is 11.8 Å². The summed E-state index contributed by atoms with van der Waals surface area (Å²) >= 11 is 0. The van der Waals surface area contributed by atoms with Gasteiger partial charge in [-0.1, -0.05) is 19.3 Å².